The smallest absolute Gasteiger partial charge is 0.255 e. The second kappa shape index (κ2) is 10.8. The third-order valence-corrected chi connectivity index (χ3v) is 7.06. The number of para-hydroxylation sites is 1. The summed E-state index contributed by atoms with van der Waals surface area (Å²) in [4.78, 5) is 12.6. The SMILES string of the molecule is Cc1ccc(S(=O)(=O)N(CC(=O)N/N=C\c2ccccc2O)Cc2ccc(Cl)cc2Cl)cc1. The van der Waals surface area contributed by atoms with E-state index >= 15 is 0 Å². The molecule has 0 aliphatic heterocycles. The van der Waals surface area contributed by atoms with Crippen LogP contribution in [0.5, 0.6) is 5.75 Å². The molecule has 0 aromatic heterocycles. The van der Waals surface area contributed by atoms with Crippen molar-refractivity contribution in [3.05, 3.63) is 93.5 Å². The number of carbonyl (C=O) groups is 1. The lowest BCUT2D eigenvalue weighted by Crippen LogP contribution is -2.39. The monoisotopic (exact) mass is 505 g/mol. The predicted molar refractivity (Wildman–Crippen MR) is 129 cm³/mol. The second-order valence-electron chi connectivity index (χ2n) is 7.17. The molecule has 0 spiro atoms. The number of rotatable bonds is 8. The van der Waals surface area contributed by atoms with E-state index in [4.69, 9.17) is 23.2 Å². The zero-order chi connectivity index (χ0) is 24.0. The molecule has 0 aliphatic carbocycles. The number of halogens is 2. The van der Waals surface area contributed by atoms with Gasteiger partial charge in [0.15, 0.2) is 0 Å². The first-order valence-corrected chi connectivity index (χ1v) is 12.0. The maximum absolute atomic E-state index is 13.3. The van der Waals surface area contributed by atoms with E-state index in [1.165, 1.54) is 30.5 Å². The molecule has 0 fully saturated rings. The molecule has 3 rings (SSSR count). The molecule has 0 saturated carbocycles. The Morgan fingerprint density at radius 3 is 2.45 bits per heavy atom. The van der Waals surface area contributed by atoms with Crippen molar-refractivity contribution in [2.24, 2.45) is 5.10 Å². The Morgan fingerprint density at radius 2 is 1.79 bits per heavy atom. The van der Waals surface area contributed by atoms with Gasteiger partial charge in [0.2, 0.25) is 10.0 Å². The average molecular weight is 506 g/mol. The van der Waals surface area contributed by atoms with E-state index in [-0.39, 0.29) is 22.2 Å². The number of nitrogens with one attached hydrogen (secondary N) is 1. The summed E-state index contributed by atoms with van der Waals surface area (Å²) in [5, 5.41) is 14.3. The van der Waals surface area contributed by atoms with Gasteiger partial charge in [0.05, 0.1) is 17.7 Å². The Labute approximate surface area is 202 Å². The van der Waals surface area contributed by atoms with Crippen LogP contribution in [-0.2, 0) is 21.4 Å². The van der Waals surface area contributed by atoms with Crippen molar-refractivity contribution >= 4 is 45.3 Å². The molecule has 10 heteroatoms. The number of aryl methyl sites for hydroxylation is 1. The number of phenolic OH excluding ortho intramolecular Hbond substituents is 1. The number of amides is 1. The number of hydrogen-bond acceptors (Lipinski definition) is 5. The van der Waals surface area contributed by atoms with Gasteiger partial charge in [-0.05, 0) is 48.9 Å². The predicted octanol–water partition coefficient (Wildman–Crippen LogP) is 4.35. The first kappa shape index (κ1) is 24.7. The van der Waals surface area contributed by atoms with Crippen molar-refractivity contribution in [3.8, 4) is 5.75 Å². The molecule has 1 amide bonds. The third kappa shape index (κ3) is 6.55. The number of carbonyl (C=O) groups excluding carboxylic acids is 1. The summed E-state index contributed by atoms with van der Waals surface area (Å²) in [6, 6.07) is 17.5. The summed E-state index contributed by atoms with van der Waals surface area (Å²) in [6.45, 7) is 1.19. The maximum Gasteiger partial charge on any atom is 0.255 e. The highest BCUT2D eigenvalue weighted by Gasteiger charge is 2.27. The Morgan fingerprint density at radius 1 is 1.09 bits per heavy atom. The minimum Gasteiger partial charge on any atom is -0.507 e. The summed E-state index contributed by atoms with van der Waals surface area (Å²) in [6.07, 6.45) is 1.27. The molecule has 33 heavy (non-hydrogen) atoms. The van der Waals surface area contributed by atoms with E-state index < -0.39 is 22.5 Å². The number of aromatic hydroxyl groups is 1. The van der Waals surface area contributed by atoms with Crippen molar-refractivity contribution in [1.29, 1.82) is 0 Å². The van der Waals surface area contributed by atoms with Gasteiger partial charge in [-0.2, -0.15) is 9.41 Å². The Balaban J connectivity index is 1.83. The van der Waals surface area contributed by atoms with Gasteiger partial charge < -0.3 is 5.11 Å². The molecule has 0 bridgehead atoms. The van der Waals surface area contributed by atoms with Crippen LogP contribution < -0.4 is 5.43 Å². The zero-order valence-electron chi connectivity index (χ0n) is 17.6. The minimum absolute atomic E-state index is 0.00328. The van der Waals surface area contributed by atoms with Crippen LogP contribution in [0.1, 0.15) is 16.7 Å². The average Bonchev–Trinajstić information content (AvgIpc) is 2.76. The molecule has 0 atom stereocenters. The Bertz CT molecular complexity index is 1280. The first-order valence-electron chi connectivity index (χ1n) is 9.77. The van der Waals surface area contributed by atoms with E-state index in [9.17, 15) is 18.3 Å². The van der Waals surface area contributed by atoms with Crippen molar-refractivity contribution in [2.45, 2.75) is 18.4 Å². The fraction of sp³-hybridized carbons (Fsp3) is 0.130. The van der Waals surface area contributed by atoms with Crippen molar-refractivity contribution in [3.63, 3.8) is 0 Å². The molecule has 3 aromatic rings. The van der Waals surface area contributed by atoms with Gasteiger partial charge >= 0.3 is 0 Å². The van der Waals surface area contributed by atoms with E-state index in [1.807, 2.05) is 6.92 Å². The second-order valence-corrected chi connectivity index (χ2v) is 9.96. The van der Waals surface area contributed by atoms with Gasteiger partial charge in [0.25, 0.3) is 5.91 Å². The first-order chi connectivity index (χ1) is 15.7. The molecule has 3 aromatic carbocycles. The van der Waals surface area contributed by atoms with Gasteiger partial charge in [-0.25, -0.2) is 13.8 Å². The molecule has 0 heterocycles. The lowest BCUT2D eigenvalue weighted by molar-refractivity contribution is -0.121. The zero-order valence-corrected chi connectivity index (χ0v) is 19.9. The summed E-state index contributed by atoms with van der Waals surface area (Å²) in [5.74, 6) is -0.668. The highest BCUT2D eigenvalue weighted by atomic mass is 35.5. The molecule has 172 valence electrons. The third-order valence-electron chi connectivity index (χ3n) is 4.67. The van der Waals surface area contributed by atoms with Crippen LogP contribution in [0.2, 0.25) is 10.0 Å². The number of nitrogens with zero attached hydrogens (tertiary/aromatic N) is 2. The molecule has 2 N–H and O–H groups in total. The Hall–Kier alpha value is -2.91. The fourth-order valence-electron chi connectivity index (χ4n) is 2.89. The van der Waals surface area contributed by atoms with Gasteiger partial charge in [0.1, 0.15) is 5.75 Å². The van der Waals surface area contributed by atoms with E-state index in [0.717, 1.165) is 9.87 Å². The summed E-state index contributed by atoms with van der Waals surface area (Å²) >= 11 is 12.2. The minimum atomic E-state index is -4.03. The van der Waals surface area contributed by atoms with Crippen molar-refractivity contribution in [1.82, 2.24) is 9.73 Å². The highest BCUT2D eigenvalue weighted by molar-refractivity contribution is 7.89. The topological polar surface area (TPSA) is 99.1 Å². The molecule has 0 unspecified atom stereocenters. The lowest BCUT2D eigenvalue weighted by Gasteiger charge is -2.22. The highest BCUT2D eigenvalue weighted by Crippen LogP contribution is 2.25. The van der Waals surface area contributed by atoms with Crippen LogP contribution >= 0.6 is 23.2 Å². The largest absolute Gasteiger partial charge is 0.507 e. The molecular weight excluding hydrogens is 485 g/mol. The van der Waals surface area contributed by atoms with Gasteiger partial charge in [-0.3, -0.25) is 4.79 Å². The van der Waals surface area contributed by atoms with Gasteiger partial charge in [-0.1, -0.05) is 59.1 Å². The standard InChI is InChI=1S/C23H21Cl2N3O4S/c1-16-6-10-20(11-7-16)33(31,32)28(14-18-8-9-19(24)12-21(18)25)15-23(30)27-26-13-17-4-2-3-5-22(17)29/h2-13,29H,14-15H2,1H3,(H,27,30)/b26-13-. The van der Waals surface area contributed by atoms with Crippen LogP contribution in [0, 0.1) is 6.92 Å². The maximum atomic E-state index is 13.3. The van der Waals surface area contributed by atoms with E-state index in [1.54, 1.807) is 42.5 Å². The van der Waals surface area contributed by atoms with Crippen LogP contribution in [0.15, 0.2) is 76.7 Å². The van der Waals surface area contributed by atoms with Crippen molar-refractivity contribution < 1.29 is 18.3 Å². The number of phenols is 1. The van der Waals surface area contributed by atoms with Gasteiger partial charge in [-0.15, -0.1) is 0 Å². The summed E-state index contributed by atoms with van der Waals surface area (Å²) in [5.41, 5.74) is 4.08. The van der Waals surface area contributed by atoms with Crippen LogP contribution in [-0.4, -0.2) is 36.5 Å². The number of hydrogen-bond donors (Lipinski definition) is 2. The van der Waals surface area contributed by atoms with Gasteiger partial charge in [0, 0.05) is 22.2 Å². The van der Waals surface area contributed by atoms with Crippen LogP contribution in [0.25, 0.3) is 0 Å². The van der Waals surface area contributed by atoms with Crippen LogP contribution in [0.4, 0.5) is 0 Å². The Kier molecular flexibility index (Phi) is 8.10. The molecule has 7 nitrogen and oxygen atoms in total. The lowest BCUT2D eigenvalue weighted by atomic mass is 10.2. The number of hydrazone groups is 1. The van der Waals surface area contributed by atoms with Crippen LogP contribution in [0.3, 0.4) is 0 Å². The van der Waals surface area contributed by atoms with E-state index in [2.05, 4.69) is 10.5 Å². The quantitative estimate of drug-likeness (QED) is 0.351. The molecular formula is C23H21Cl2N3O4S. The number of benzene rings is 3. The summed E-state index contributed by atoms with van der Waals surface area (Å²) in [7, 11) is -4.03. The molecule has 0 aliphatic rings. The number of sulfonamides is 1. The normalized spacial score (nSPS) is 11.8. The summed E-state index contributed by atoms with van der Waals surface area (Å²) < 4.78 is 27.6. The fourth-order valence-corrected chi connectivity index (χ4v) is 4.73. The molecule has 0 radical (unpaired) electrons. The molecule has 0 saturated heterocycles. The van der Waals surface area contributed by atoms with Crippen molar-refractivity contribution in [2.75, 3.05) is 6.54 Å². The van der Waals surface area contributed by atoms with E-state index in [0.29, 0.717) is 16.1 Å².